The molecule has 4 atom stereocenters. The summed E-state index contributed by atoms with van der Waals surface area (Å²) in [5.74, 6) is -7.67. The largest absolute Gasteiger partial charge is 0.510 e. The maximum Gasteiger partial charge on any atom is 0.255 e. The number of halogens is 2. The Bertz CT molecular complexity index is 1550. The average Bonchev–Trinajstić information content (AvgIpc) is 3.02. The van der Waals surface area contributed by atoms with Crippen LogP contribution in [-0.4, -0.2) is 102 Å². The van der Waals surface area contributed by atoms with Crippen LogP contribution in [0.2, 0.25) is 0 Å². The molecule has 1 aromatic carbocycles. The Morgan fingerprint density at radius 1 is 0.961 bits per heavy atom. The highest BCUT2D eigenvalue weighted by Crippen LogP contribution is 2.53. The predicted octanol–water partition coefficient (Wildman–Crippen LogP) is 4.09. The number of ketones is 2. The van der Waals surface area contributed by atoms with Gasteiger partial charge < -0.3 is 41.7 Å². The fourth-order valence-electron chi connectivity index (χ4n) is 7.75. The minimum Gasteiger partial charge on any atom is -0.510 e. The number of rotatable bonds is 16. The molecule has 3 aliphatic rings. The van der Waals surface area contributed by atoms with Gasteiger partial charge in [0.2, 0.25) is 11.7 Å². The van der Waals surface area contributed by atoms with Crippen molar-refractivity contribution >= 4 is 59.6 Å². The summed E-state index contributed by atoms with van der Waals surface area (Å²) in [7, 11) is 6.68. The van der Waals surface area contributed by atoms with Crippen LogP contribution in [0.15, 0.2) is 28.7 Å². The second kappa shape index (κ2) is 18.4. The van der Waals surface area contributed by atoms with Crippen molar-refractivity contribution in [1.82, 2.24) is 10.2 Å². The molecule has 0 radical (unpaired) electrons. The number of allylic oxidation sites excluding steroid dienone is 1. The van der Waals surface area contributed by atoms with Crippen LogP contribution in [-0.2, 0) is 20.8 Å². The molecule has 8 N–H and O–H groups in total. The van der Waals surface area contributed by atoms with Gasteiger partial charge >= 0.3 is 0 Å². The van der Waals surface area contributed by atoms with Crippen LogP contribution < -0.4 is 21.3 Å². The lowest BCUT2D eigenvalue weighted by Gasteiger charge is -2.50. The lowest BCUT2D eigenvalue weighted by Crippen LogP contribution is -2.63. The molecule has 0 fully saturated rings. The smallest absolute Gasteiger partial charge is 0.255 e. The van der Waals surface area contributed by atoms with Crippen molar-refractivity contribution in [2.24, 2.45) is 17.6 Å². The standard InChI is InChI=1S/C36H53N5O8.2ClH/c1-6-7-8-9-10-11-12-13-14-15-38-19-25(42)39-23-18-24(40(2)3)21-16-20-17-22-29(41(4)5)32(45)28(35(37)48)34(47)36(22,49)33(46)26(20)31(44)27(21)30(23)43;;/h18,20,22,29,38,43,45-46,49H,6-17,19H2,1-5H3,(H2,37,48)(H,39,42);2*1H/t20?,22?,29-,36?;;/m0../s1. The van der Waals surface area contributed by atoms with E-state index in [-0.39, 0.29) is 61.0 Å². The normalized spacial score (nSPS) is 22.5. The Balaban J connectivity index is 0.00000451. The molecule has 0 aliphatic heterocycles. The summed E-state index contributed by atoms with van der Waals surface area (Å²) in [6.07, 6.45) is 10.9. The molecule has 1 aromatic rings. The number of phenolic OH excluding ortho intramolecular Hbond substituents is 1. The van der Waals surface area contributed by atoms with E-state index in [1.165, 1.54) is 43.4 Å². The van der Waals surface area contributed by atoms with Gasteiger partial charge in [-0.05, 0) is 57.5 Å². The van der Waals surface area contributed by atoms with E-state index in [0.717, 1.165) is 19.3 Å². The number of nitrogens with zero attached hydrogens (tertiary/aromatic N) is 2. The van der Waals surface area contributed by atoms with Crippen molar-refractivity contribution in [2.45, 2.75) is 89.2 Å². The van der Waals surface area contributed by atoms with Crippen molar-refractivity contribution in [3.8, 4) is 5.75 Å². The number of nitrogens with one attached hydrogen (secondary N) is 2. The minimum atomic E-state index is -2.73. The molecule has 0 saturated carbocycles. The van der Waals surface area contributed by atoms with Crippen molar-refractivity contribution in [3.63, 3.8) is 0 Å². The lowest BCUT2D eigenvalue weighted by molar-refractivity contribution is -0.148. The number of primary amides is 1. The van der Waals surface area contributed by atoms with Crippen molar-refractivity contribution < 1.29 is 39.6 Å². The average molecular weight is 757 g/mol. The first-order chi connectivity index (χ1) is 23.2. The lowest BCUT2D eigenvalue weighted by atomic mass is 9.58. The third-order valence-corrected chi connectivity index (χ3v) is 10.2. The summed E-state index contributed by atoms with van der Waals surface area (Å²) >= 11 is 0. The Morgan fingerprint density at radius 2 is 1.55 bits per heavy atom. The summed E-state index contributed by atoms with van der Waals surface area (Å²) in [6, 6.07) is 0.521. The van der Waals surface area contributed by atoms with Gasteiger partial charge in [-0.15, -0.1) is 24.8 Å². The summed E-state index contributed by atoms with van der Waals surface area (Å²) in [6.45, 7) is 2.87. The van der Waals surface area contributed by atoms with Crippen molar-refractivity contribution in [3.05, 3.63) is 39.9 Å². The second-order valence-corrected chi connectivity index (χ2v) is 14.1. The van der Waals surface area contributed by atoms with Gasteiger partial charge in [-0.1, -0.05) is 58.3 Å². The number of amides is 2. The molecule has 15 heteroatoms. The van der Waals surface area contributed by atoms with Crippen LogP contribution in [0, 0.1) is 11.8 Å². The molecule has 286 valence electrons. The Hall–Kier alpha value is -3.36. The zero-order valence-corrected chi connectivity index (χ0v) is 31.8. The van der Waals surface area contributed by atoms with E-state index in [9.17, 15) is 39.6 Å². The van der Waals surface area contributed by atoms with Crippen LogP contribution in [0.25, 0.3) is 0 Å². The van der Waals surface area contributed by atoms with E-state index in [1.54, 1.807) is 39.2 Å². The van der Waals surface area contributed by atoms with E-state index >= 15 is 0 Å². The first kappa shape index (κ1) is 43.8. The number of aliphatic hydroxyl groups excluding tert-OH is 2. The Morgan fingerprint density at radius 3 is 2.10 bits per heavy atom. The molecule has 0 spiro atoms. The SMILES string of the molecule is CCCCCCCCCCCNCC(=O)Nc1cc(N(C)C)c2c(c1O)C(=O)C1=C(O)C3(O)C(=O)C(C(N)=O)=C(O)[C@@H](N(C)C)C3CC1C2.Cl.Cl. The first-order valence-corrected chi connectivity index (χ1v) is 17.4. The number of aliphatic hydroxyl groups is 3. The number of anilines is 2. The second-order valence-electron chi connectivity index (χ2n) is 14.1. The van der Waals surface area contributed by atoms with E-state index in [4.69, 9.17) is 5.73 Å². The molecule has 3 unspecified atom stereocenters. The number of phenols is 1. The van der Waals surface area contributed by atoms with Crippen LogP contribution in [0.1, 0.15) is 87.1 Å². The Kier molecular flexibility index (Phi) is 15.8. The number of hydrogen-bond acceptors (Lipinski definition) is 11. The molecule has 0 heterocycles. The third-order valence-electron chi connectivity index (χ3n) is 10.2. The molecular formula is C36H55Cl2N5O8. The van der Waals surface area contributed by atoms with Gasteiger partial charge in [0.25, 0.3) is 5.91 Å². The monoisotopic (exact) mass is 755 g/mol. The minimum absolute atomic E-state index is 0. The molecule has 0 bridgehead atoms. The fourth-order valence-corrected chi connectivity index (χ4v) is 7.75. The topological polar surface area (TPSA) is 206 Å². The van der Waals surface area contributed by atoms with Gasteiger partial charge in [-0.25, -0.2) is 0 Å². The number of carbonyl (C=O) groups is 4. The summed E-state index contributed by atoms with van der Waals surface area (Å²) in [5.41, 5.74) is 2.44. The van der Waals surface area contributed by atoms with Gasteiger partial charge in [0, 0.05) is 31.3 Å². The number of hydrogen-bond donors (Lipinski definition) is 7. The molecule has 0 saturated heterocycles. The number of fused-ring (bicyclic) bond motifs is 3. The highest BCUT2D eigenvalue weighted by Gasteiger charge is 2.63. The fraction of sp³-hybridized carbons (Fsp3) is 0.611. The van der Waals surface area contributed by atoms with Gasteiger partial charge in [0.1, 0.15) is 17.1 Å². The van der Waals surface area contributed by atoms with Crippen molar-refractivity contribution in [2.75, 3.05) is 51.5 Å². The molecule has 13 nitrogen and oxygen atoms in total. The highest BCUT2D eigenvalue weighted by molar-refractivity contribution is 6.25. The summed E-state index contributed by atoms with van der Waals surface area (Å²) < 4.78 is 0. The van der Waals surface area contributed by atoms with E-state index in [0.29, 0.717) is 17.8 Å². The number of carbonyl (C=O) groups excluding carboxylic acids is 4. The van der Waals surface area contributed by atoms with Gasteiger partial charge in [0.05, 0.1) is 23.8 Å². The number of Topliss-reactive ketones (excluding diaryl/α,β-unsaturated/α-hetero) is 2. The van der Waals surface area contributed by atoms with Crippen LogP contribution >= 0.6 is 24.8 Å². The van der Waals surface area contributed by atoms with Gasteiger partial charge in [-0.2, -0.15) is 0 Å². The molecule has 4 rings (SSSR count). The predicted molar refractivity (Wildman–Crippen MR) is 201 cm³/mol. The highest BCUT2D eigenvalue weighted by atomic mass is 35.5. The van der Waals surface area contributed by atoms with Crippen LogP contribution in [0.4, 0.5) is 11.4 Å². The van der Waals surface area contributed by atoms with Gasteiger partial charge in [-0.3, -0.25) is 24.1 Å². The molecule has 0 aromatic heterocycles. The van der Waals surface area contributed by atoms with E-state index < -0.39 is 69.7 Å². The Labute approximate surface area is 312 Å². The number of likely N-dealkylation sites (N-methyl/N-ethyl adjacent to an activating group) is 1. The van der Waals surface area contributed by atoms with E-state index in [1.807, 2.05) is 0 Å². The van der Waals surface area contributed by atoms with Crippen LogP contribution in [0.3, 0.4) is 0 Å². The zero-order valence-electron chi connectivity index (χ0n) is 30.2. The molecular weight excluding hydrogens is 701 g/mol. The summed E-state index contributed by atoms with van der Waals surface area (Å²) in [4.78, 5) is 56.1. The first-order valence-electron chi connectivity index (χ1n) is 17.4. The molecule has 2 amide bonds. The van der Waals surface area contributed by atoms with Crippen molar-refractivity contribution in [1.29, 1.82) is 0 Å². The molecule has 3 aliphatic carbocycles. The van der Waals surface area contributed by atoms with Crippen LogP contribution in [0.5, 0.6) is 5.75 Å². The van der Waals surface area contributed by atoms with Gasteiger partial charge in [0.15, 0.2) is 17.1 Å². The summed E-state index contributed by atoms with van der Waals surface area (Å²) in [5, 5.41) is 51.6. The number of aromatic hydroxyl groups is 1. The number of unbranched alkanes of at least 4 members (excludes halogenated alkanes) is 8. The zero-order chi connectivity index (χ0) is 36.2. The van der Waals surface area contributed by atoms with E-state index in [2.05, 4.69) is 17.6 Å². The quantitative estimate of drug-likeness (QED) is 0.0727. The maximum atomic E-state index is 14.2. The molecule has 51 heavy (non-hydrogen) atoms. The number of benzene rings is 1. The maximum absolute atomic E-state index is 14.2. The number of nitrogens with two attached hydrogens (primary N) is 1. The third kappa shape index (κ3) is 8.65.